The number of nitrogens with zero attached hydrogens (tertiary/aromatic N) is 2. The third-order valence-corrected chi connectivity index (χ3v) is 5.27. The first-order valence-electron chi connectivity index (χ1n) is 9.73. The van der Waals surface area contributed by atoms with Crippen LogP contribution in [0.15, 0.2) is 47.3 Å². The quantitative estimate of drug-likeness (QED) is 0.214. The molecule has 3 aromatic rings. The number of ether oxygens (including phenoxy) is 2. The zero-order valence-corrected chi connectivity index (χ0v) is 18.8. The molecule has 8 nitrogen and oxygen atoms in total. The summed E-state index contributed by atoms with van der Waals surface area (Å²) in [5, 5.41) is 0.481. The van der Waals surface area contributed by atoms with Crippen molar-refractivity contribution in [1.29, 1.82) is 0 Å². The maximum Gasteiger partial charge on any atom is 0.338 e. The molecule has 0 atom stereocenters. The Morgan fingerprint density at radius 1 is 1.16 bits per heavy atom. The lowest BCUT2D eigenvalue weighted by atomic mass is 10.1. The summed E-state index contributed by atoms with van der Waals surface area (Å²) in [6, 6.07) is 8.59. The fraction of sp³-hybridized carbons (Fsp3) is 0.273. The van der Waals surface area contributed by atoms with Crippen molar-refractivity contribution in [3.05, 3.63) is 58.5 Å². The number of hydrogen-bond acceptors (Lipinski definition) is 6. The van der Waals surface area contributed by atoms with Crippen molar-refractivity contribution in [2.75, 3.05) is 26.8 Å². The predicted molar refractivity (Wildman–Crippen MR) is 118 cm³/mol. The van der Waals surface area contributed by atoms with Crippen molar-refractivity contribution in [2.24, 2.45) is 0 Å². The predicted octanol–water partition coefficient (Wildman–Crippen LogP) is 3.61. The smallest absolute Gasteiger partial charge is 0.338 e. The molecule has 0 aliphatic heterocycles. The highest BCUT2D eigenvalue weighted by Gasteiger charge is 2.27. The van der Waals surface area contributed by atoms with Gasteiger partial charge in [-0.05, 0) is 34.5 Å². The number of nitrogens with one attached hydrogen (secondary N) is 1. The van der Waals surface area contributed by atoms with E-state index >= 15 is 0 Å². The Kier molecular flexibility index (Phi) is 7.41. The van der Waals surface area contributed by atoms with Gasteiger partial charge in [-0.2, -0.15) is 0 Å². The lowest BCUT2D eigenvalue weighted by Crippen LogP contribution is -2.39. The number of carbonyl (C=O) groups excluding carboxylic acids is 3. The zero-order valence-electron chi connectivity index (χ0n) is 17.2. The number of rotatable bonds is 9. The van der Waals surface area contributed by atoms with Gasteiger partial charge in [-0.3, -0.25) is 9.59 Å². The number of methoxy groups -OCH3 is 1. The number of fused-ring (bicyclic) bond motifs is 1. The summed E-state index contributed by atoms with van der Waals surface area (Å²) in [6.07, 6.45) is 3.60. The Balaban J connectivity index is 1.74. The molecule has 0 unspecified atom stereocenters. The monoisotopic (exact) mass is 487 g/mol. The SMILES string of the molecule is CCCN(CCOC(=O)c1ccccc1)C(=O)C(=O)c1c[nH]c2c(Br)ncc(OC)c12. The third kappa shape index (κ3) is 4.93. The number of aromatic amines is 1. The van der Waals surface area contributed by atoms with Crippen LogP contribution in [0.1, 0.15) is 34.1 Å². The summed E-state index contributed by atoms with van der Waals surface area (Å²) in [5.41, 5.74) is 1.19. The number of H-pyrrole nitrogens is 1. The molecule has 0 saturated heterocycles. The number of hydrogen-bond donors (Lipinski definition) is 1. The van der Waals surface area contributed by atoms with Crippen molar-refractivity contribution in [3.8, 4) is 5.75 Å². The van der Waals surface area contributed by atoms with Gasteiger partial charge in [0.2, 0.25) is 0 Å². The number of Topliss-reactive ketones (excluding diaryl/α,β-unsaturated/α-hetero) is 1. The van der Waals surface area contributed by atoms with Crippen molar-refractivity contribution in [2.45, 2.75) is 13.3 Å². The van der Waals surface area contributed by atoms with Crippen molar-refractivity contribution in [1.82, 2.24) is 14.9 Å². The van der Waals surface area contributed by atoms with E-state index in [-0.39, 0.29) is 18.7 Å². The van der Waals surface area contributed by atoms with Gasteiger partial charge >= 0.3 is 5.97 Å². The summed E-state index contributed by atoms with van der Waals surface area (Å²) in [4.78, 5) is 46.6. The third-order valence-electron chi connectivity index (χ3n) is 4.67. The molecule has 0 bridgehead atoms. The Hall–Kier alpha value is -3.20. The van der Waals surface area contributed by atoms with Crippen LogP contribution in [0.4, 0.5) is 0 Å². The summed E-state index contributed by atoms with van der Waals surface area (Å²) in [7, 11) is 1.47. The molecule has 3 rings (SSSR count). The number of esters is 1. The number of carbonyl (C=O) groups is 3. The van der Waals surface area contributed by atoms with Crippen LogP contribution in [0, 0.1) is 0 Å². The van der Waals surface area contributed by atoms with Gasteiger partial charge < -0.3 is 19.4 Å². The van der Waals surface area contributed by atoms with Crippen LogP contribution in [-0.4, -0.2) is 59.3 Å². The highest BCUT2D eigenvalue weighted by atomic mass is 79.9. The van der Waals surface area contributed by atoms with Crippen molar-refractivity contribution < 1.29 is 23.9 Å². The average Bonchev–Trinajstić information content (AvgIpc) is 3.24. The lowest BCUT2D eigenvalue weighted by Gasteiger charge is -2.21. The fourth-order valence-corrected chi connectivity index (χ4v) is 3.59. The topological polar surface area (TPSA) is 102 Å². The fourth-order valence-electron chi connectivity index (χ4n) is 3.17. The zero-order chi connectivity index (χ0) is 22.4. The van der Waals surface area contributed by atoms with Gasteiger partial charge in [-0.25, -0.2) is 9.78 Å². The molecule has 0 radical (unpaired) electrons. The maximum atomic E-state index is 13.0. The van der Waals surface area contributed by atoms with Gasteiger partial charge in [-0.15, -0.1) is 0 Å². The van der Waals surface area contributed by atoms with E-state index in [0.717, 1.165) is 0 Å². The van der Waals surface area contributed by atoms with Crippen molar-refractivity contribution >= 4 is 44.5 Å². The molecular formula is C22H22BrN3O5. The number of amides is 1. The van der Waals surface area contributed by atoms with Crippen LogP contribution in [0.5, 0.6) is 5.75 Å². The highest BCUT2D eigenvalue weighted by Crippen LogP contribution is 2.32. The van der Waals surface area contributed by atoms with Crippen LogP contribution >= 0.6 is 15.9 Å². The Morgan fingerprint density at radius 2 is 1.90 bits per heavy atom. The first-order valence-corrected chi connectivity index (χ1v) is 10.5. The molecule has 31 heavy (non-hydrogen) atoms. The summed E-state index contributed by atoms with van der Waals surface area (Å²) in [6.45, 7) is 2.36. The van der Waals surface area contributed by atoms with Crippen LogP contribution in [-0.2, 0) is 9.53 Å². The van der Waals surface area contributed by atoms with E-state index in [1.165, 1.54) is 24.4 Å². The number of pyridine rings is 1. The summed E-state index contributed by atoms with van der Waals surface area (Å²) >= 11 is 3.33. The van der Waals surface area contributed by atoms with Crippen LogP contribution in [0.2, 0.25) is 0 Å². The second-order valence-electron chi connectivity index (χ2n) is 6.69. The number of aromatic nitrogens is 2. The highest BCUT2D eigenvalue weighted by molar-refractivity contribution is 9.10. The molecule has 0 spiro atoms. The van der Waals surface area contributed by atoms with Gasteiger partial charge in [0.05, 0.1) is 41.9 Å². The number of ketones is 1. The van der Waals surface area contributed by atoms with Gasteiger partial charge in [0.1, 0.15) is 17.0 Å². The Bertz CT molecular complexity index is 1100. The van der Waals surface area contributed by atoms with Gasteiger partial charge in [-0.1, -0.05) is 25.1 Å². The summed E-state index contributed by atoms with van der Waals surface area (Å²) < 4.78 is 11.1. The summed E-state index contributed by atoms with van der Waals surface area (Å²) in [5.74, 6) is -1.44. The van der Waals surface area contributed by atoms with Crippen molar-refractivity contribution in [3.63, 3.8) is 0 Å². The molecule has 2 aromatic heterocycles. The molecular weight excluding hydrogens is 466 g/mol. The molecule has 0 saturated carbocycles. The lowest BCUT2D eigenvalue weighted by molar-refractivity contribution is -0.127. The van der Waals surface area contributed by atoms with Crippen LogP contribution < -0.4 is 4.74 Å². The van der Waals surface area contributed by atoms with Gasteiger partial charge in [0.15, 0.2) is 0 Å². The molecule has 0 aliphatic carbocycles. The molecule has 1 amide bonds. The van der Waals surface area contributed by atoms with E-state index < -0.39 is 17.7 Å². The van der Waals surface area contributed by atoms with E-state index in [2.05, 4.69) is 25.9 Å². The first kappa shape index (κ1) is 22.5. The second-order valence-corrected chi connectivity index (χ2v) is 7.44. The molecule has 1 N–H and O–H groups in total. The van der Waals surface area contributed by atoms with E-state index in [1.807, 2.05) is 6.92 Å². The average molecular weight is 488 g/mol. The minimum atomic E-state index is -0.675. The minimum absolute atomic E-state index is 0.0145. The Labute approximate surface area is 187 Å². The Morgan fingerprint density at radius 3 is 2.58 bits per heavy atom. The molecule has 9 heteroatoms. The molecule has 1 aromatic carbocycles. The van der Waals surface area contributed by atoms with E-state index in [4.69, 9.17) is 9.47 Å². The van der Waals surface area contributed by atoms with Gasteiger partial charge in [0, 0.05) is 12.7 Å². The second kappa shape index (κ2) is 10.2. The van der Waals surface area contributed by atoms with Gasteiger partial charge in [0.25, 0.3) is 11.7 Å². The normalized spacial score (nSPS) is 10.7. The van der Waals surface area contributed by atoms with E-state index in [9.17, 15) is 14.4 Å². The standard InChI is InChI=1S/C22H22BrN3O5/c1-3-9-26(10-11-31-22(29)14-7-5-4-6-8-14)21(28)19(27)15-12-24-18-17(15)16(30-2)13-25-20(18)23/h4-8,12-13,24H,3,9-11H2,1-2H3. The van der Waals surface area contributed by atoms with Crippen LogP contribution in [0.25, 0.3) is 10.9 Å². The van der Waals surface area contributed by atoms with Crippen LogP contribution in [0.3, 0.4) is 0 Å². The maximum absolute atomic E-state index is 13.0. The molecule has 162 valence electrons. The van der Waals surface area contributed by atoms with E-state index in [0.29, 0.717) is 39.8 Å². The van der Waals surface area contributed by atoms with E-state index in [1.54, 1.807) is 30.3 Å². The number of benzene rings is 1. The number of halogens is 1. The molecule has 0 aliphatic rings. The minimum Gasteiger partial charge on any atom is -0.494 e. The largest absolute Gasteiger partial charge is 0.494 e. The molecule has 2 heterocycles. The molecule has 0 fully saturated rings. The first-order chi connectivity index (χ1) is 15.0.